The molecule has 142 valence electrons. The van der Waals surface area contributed by atoms with Crippen molar-refractivity contribution >= 4 is 34.4 Å². The Hall–Kier alpha value is -2.21. The molecule has 0 saturated carbocycles. The van der Waals surface area contributed by atoms with Gasteiger partial charge in [0.05, 0.1) is 36.4 Å². The monoisotopic (exact) mass is 381 g/mol. The molecular weight excluding hydrogens is 358 g/mol. The second-order valence-corrected chi connectivity index (χ2v) is 6.13. The fourth-order valence-electron chi connectivity index (χ4n) is 2.80. The predicted octanol–water partition coefficient (Wildman–Crippen LogP) is 4.21. The molecule has 26 heavy (non-hydrogen) atoms. The zero-order chi connectivity index (χ0) is 19.1. The summed E-state index contributed by atoms with van der Waals surface area (Å²) in [6.07, 6.45) is 3.59. The third-order valence-corrected chi connectivity index (χ3v) is 4.27. The molecule has 0 bridgehead atoms. The molecule has 0 atom stereocenters. The summed E-state index contributed by atoms with van der Waals surface area (Å²) in [6.45, 7) is 4.87. The number of aromatic nitrogens is 1. The Morgan fingerprint density at radius 2 is 1.85 bits per heavy atom. The van der Waals surface area contributed by atoms with Gasteiger partial charge in [-0.05, 0) is 32.8 Å². The first-order chi connectivity index (χ1) is 12.5. The van der Waals surface area contributed by atoms with Crippen LogP contribution in [0.1, 0.15) is 43.5 Å². The van der Waals surface area contributed by atoms with E-state index in [1.807, 2.05) is 10.6 Å². The van der Waals surface area contributed by atoms with Gasteiger partial charge in [-0.2, -0.15) is 0 Å². The minimum absolute atomic E-state index is 0.193. The van der Waals surface area contributed by atoms with E-state index < -0.39 is 5.97 Å². The maximum Gasteiger partial charge on any atom is 0.340 e. The van der Waals surface area contributed by atoms with Crippen LogP contribution >= 0.6 is 11.6 Å². The van der Waals surface area contributed by atoms with E-state index in [0.29, 0.717) is 54.3 Å². The maximum atomic E-state index is 12.3. The molecule has 2 aromatic rings. The standard InChI is InChI=1S/C19H24ClNO5/c1-4-25-17(22)8-6-7-9-21-12-14(19(23)26-5-2)18-15(20)10-13(24-3)11-16(18)21/h10-12H,4-9H2,1-3H3. The van der Waals surface area contributed by atoms with Crippen molar-refractivity contribution in [1.82, 2.24) is 4.57 Å². The molecule has 1 aromatic heterocycles. The molecule has 0 unspecified atom stereocenters. The highest BCUT2D eigenvalue weighted by atomic mass is 35.5. The molecule has 0 saturated heterocycles. The number of carbonyl (C=O) groups excluding carboxylic acids is 2. The van der Waals surface area contributed by atoms with Gasteiger partial charge >= 0.3 is 11.9 Å². The van der Waals surface area contributed by atoms with Crippen LogP contribution in [-0.2, 0) is 20.8 Å². The average molecular weight is 382 g/mol. The molecule has 0 radical (unpaired) electrons. The van der Waals surface area contributed by atoms with E-state index in [1.165, 1.54) is 0 Å². The Bertz CT molecular complexity index is 784. The first kappa shape index (κ1) is 20.1. The number of hydrogen-bond donors (Lipinski definition) is 0. The van der Waals surface area contributed by atoms with Gasteiger partial charge in [0.25, 0.3) is 0 Å². The minimum Gasteiger partial charge on any atom is -0.497 e. The number of rotatable bonds is 9. The Morgan fingerprint density at radius 1 is 1.12 bits per heavy atom. The molecule has 1 aromatic carbocycles. The van der Waals surface area contributed by atoms with Crippen molar-refractivity contribution in [2.45, 2.75) is 39.7 Å². The van der Waals surface area contributed by atoms with Crippen LogP contribution in [0.2, 0.25) is 5.02 Å². The van der Waals surface area contributed by atoms with E-state index in [0.717, 1.165) is 11.9 Å². The topological polar surface area (TPSA) is 66.8 Å². The molecule has 2 rings (SSSR count). The lowest BCUT2D eigenvalue weighted by Gasteiger charge is -2.08. The van der Waals surface area contributed by atoms with Gasteiger partial charge < -0.3 is 18.8 Å². The first-order valence-electron chi connectivity index (χ1n) is 8.70. The number of ether oxygens (including phenoxy) is 3. The zero-order valence-corrected chi connectivity index (χ0v) is 16.1. The first-order valence-corrected chi connectivity index (χ1v) is 9.08. The normalized spacial score (nSPS) is 10.8. The summed E-state index contributed by atoms with van der Waals surface area (Å²) >= 11 is 6.38. The van der Waals surface area contributed by atoms with Crippen molar-refractivity contribution in [3.05, 3.63) is 28.9 Å². The van der Waals surface area contributed by atoms with Crippen LogP contribution in [0.3, 0.4) is 0 Å². The van der Waals surface area contributed by atoms with E-state index in [9.17, 15) is 9.59 Å². The van der Waals surface area contributed by atoms with E-state index in [1.54, 1.807) is 33.2 Å². The fourth-order valence-corrected chi connectivity index (χ4v) is 3.11. The van der Waals surface area contributed by atoms with Gasteiger partial charge in [0.15, 0.2) is 0 Å². The number of fused-ring (bicyclic) bond motifs is 1. The molecule has 7 heteroatoms. The molecule has 0 aliphatic carbocycles. The van der Waals surface area contributed by atoms with E-state index >= 15 is 0 Å². The highest BCUT2D eigenvalue weighted by Crippen LogP contribution is 2.33. The lowest BCUT2D eigenvalue weighted by Crippen LogP contribution is -2.05. The van der Waals surface area contributed by atoms with E-state index in [-0.39, 0.29) is 5.97 Å². The second-order valence-electron chi connectivity index (χ2n) is 5.72. The van der Waals surface area contributed by atoms with Crippen LogP contribution in [0.4, 0.5) is 0 Å². The molecule has 6 nitrogen and oxygen atoms in total. The molecule has 0 spiro atoms. The molecule has 0 aliphatic heterocycles. The Kier molecular flexibility index (Phi) is 7.33. The maximum absolute atomic E-state index is 12.3. The van der Waals surface area contributed by atoms with Crippen LogP contribution < -0.4 is 4.74 Å². The Balaban J connectivity index is 2.25. The SMILES string of the molecule is CCOC(=O)CCCCn1cc(C(=O)OCC)c2c(Cl)cc(OC)cc21. The number of unbranched alkanes of at least 4 members (excludes halogenated alkanes) is 1. The van der Waals surface area contributed by atoms with Crippen LogP contribution in [0.25, 0.3) is 10.9 Å². The predicted molar refractivity (Wildman–Crippen MR) is 99.9 cm³/mol. The zero-order valence-electron chi connectivity index (χ0n) is 15.3. The number of carbonyl (C=O) groups is 2. The largest absolute Gasteiger partial charge is 0.497 e. The summed E-state index contributed by atoms with van der Waals surface area (Å²) in [6, 6.07) is 3.52. The van der Waals surface area contributed by atoms with Crippen molar-refractivity contribution in [3.8, 4) is 5.75 Å². The van der Waals surface area contributed by atoms with Gasteiger partial charge in [-0.3, -0.25) is 4.79 Å². The Morgan fingerprint density at radius 3 is 2.50 bits per heavy atom. The van der Waals surface area contributed by atoms with Crippen LogP contribution in [0.5, 0.6) is 5.75 Å². The average Bonchev–Trinajstić information content (AvgIpc) is 2.98. The van der Waals surface area contributed by atoms with Crippen molar-refractivity contribution in [2.24, 2.45) is 0 Å². The quantitative estimate of drug-likeness (QED) is 0.480. The van der Waals surface area contributed by atoms with Crippen LogP contribution in [0, 0.1) is 0 Å². The summed E-state index contributed by atoms with van der Waals surface area (Å²) < 4.78 is 17.3. The van der Waals surface area contributed by atoms with Gasteiger partial charge in [0, 0.05) is 30.6 Å². The number of benzene rings is 1. The van der Waals surface area contributed by atoms with Gasteiger partial charge in [0.2, 0.25) is 0 Å². The van der Waals surface area contributed by atoms with Crippen molar-refractivity contribution < 1.29 is 23.8 Å². The lowest BCUT2D eigenvalue weighted by atomic mass is 10.1. The third-order valence-electron chi connectivity index (χ3n) is 3.97. The van der Waals surface area contributed by atoms with Gasteiger partial charge in [0.1, 0.15) is 5.75 Å². The number of hydrogen-bond acceptors (Lipinski definition) is 5. The van der Waals surface area contributed by atoms with Crippen LogP contribution in [-0.4, -0.2) is 36.8 Å². The molecule has 0 aliphatic rings. The number of esters is 2. The van der Waals surface area contributed by atoms with Crippen molar-refractivity contribution in [1.29, 1.82) is 0 Å². The van der Waals surface area contributed by atoms with E-state index in [4.69, 9.17) is 25.8 Å². The second kappa shape index (κ2) is 9.48. The van der Waals surface area contributed by atoms with Crippen molar-refractivity contribution in [2.75, 3.05) is 20.3 Å². The summed E-state index contributed by atoms with van der Waals surface area (Å²) in [5.41, 5.74) is 1.23. The Labute approximate surface area is 158 Å². The summed E-state index contributed by atoms with van der Waals surface area (Å²) in [5, 5.41) is 1.09. The van der Waals surface area contributed by atoms with Crippen LogP contribution in [0.15, 0.2) is 18.3 Å². The number of nitrogens with zero attached hydrogens (tertiary/aromatic N) is 1. The summed E-state index contributed by atoms with van der Waals surface area (Å²) in [7, 11) is 1.57. The highest BCUT2D eigenvalue weighted by Gasteiger charge is 2.19. The minimum atomic E-state index is -0.408. The molecule has 0 amide bonds. The van der Waals surface area contributed by atoms with Gasteiger partial charge in [-0.25, -0.2) is 4.79 Å². The molecule has 1 heterocycles. The summed E-state index contributed by atoms with van der Waals surface area (Å²) in [4.78, 5) is 23.7. The number of aryl methyl sites for hydroxylation is 1. The smallest absolute Gasteiger partial charge is 0.340 e. The van der Waals surface area contributed by atoms with Gasteiger partial charge in [-0.1, -0.05) is 11.6 Å². The molecular formula is C19H24ClNO5. The summed E-state index contributed by atoms with van der Waals surface area (Å²) in [5.74, 6) is 0.0143. The van der Waals surface area contributed by atoms with Crippen molar-refractivity contribution in [3.63, 3.8) is 0 Å². The third kappa shape index (κ3) is 4.69. The lowest BCUT2D eigenvalue weighted by molar-refractivity contribution is -0.143. The fraction of sp³-hybridized carbons (Fsp3) is 0.474. The van der Waals surface area contributed by atoms with E-state index in [2.05, 4.69) is 0 Å². The number of methoxy groups -OCH3 is 1. The highest BCUT2D eigenvalue weighted by molar-refractivity contribution is 6.37. The van der Waals surface area contributed by atoms with Gasteiger partial charge in [-0.15, -0.1) is 0 Å². The molecule has 0 fully saturated rings. The molecule has 0 N–H and O–H groups in total. The number of halogens is 1.